The van der Waals surface area contributed by atoms with Gasteiger partial charge < -0.3 is 10.6 Å². The molecule has 100 valence electrons. The Morgan fingerprint density at radius 2 is 1.89 bits per heavy atom. The molecule has 0 aromatic heterocycles. The number of para-hydroxylation sites is 1. The zero-order valence-electron chi connectivity index (χ0n) is 10.3. The van der Waals surface area contributed by atoms with Gasteiger partial charge in [-0.2, -0.15) is 13.2 Å². The molecule has 1 aliphatic heterocycles. The van der Waals surface area contributed by atoms with Crippen molar-refractivity contribution >= 4 is 5.69 Å². The maximum atomic E-state index is 12.9. The van der Waals surface area contributed by atoms with Crippen molar-refractivity contribution in [1.29, 1.82) is 0 Å². The summed E-state index contributed by atoms with van der Waals surface area (Å²) in [4.78, 5) is 1.71. The lowest BCUT2D eigenvalue weighted by molar-refractivity contribution is -0.137. The molecule has 5 heteroatoms. The van der Waals surface area contributed by atoms with E-state index in [0.29, 0.717) is 13.1 Å². The molecule has 1 saturated heterocycles. The smallest absolute Gasteiger partial charge is 0.367 e. The Morgan fingerprint density at radius 1 is 1.28 bits per heavy atom. The van der Waals surface area contributed by atoms with Gasteiger partial charge in [-0.15, -0.1) is 0 Å². The predicted octanol–water partition coefficient (Wildman–Crippen LogP) is 3.02. The summed E-state index contributed by atoms with van der Waals surface area (Å²) in [6, 6.07) is 5.66. The normalized spacial score (nSPS) is 18.6. The molecule has 1 aromatic carbocycles. The van der Waals surface area contributed by atoms with Gasteiger partial charge in [0.1, 0.15) is 0 Å². The van der Waals surface area contributed by atoms with Gasteiger partial charge in [0.2, 0.25) is 0 Å². The number of hydrogen-bond acceptors (Lipinski definition) is 2. The molecular weight excluding hydrogens is 241 g/mol. The van der Waals surface area contributed by atoms with Crippen molar-refractivity contribution in [2.24, 2.45) is 5.73 Å². The minimum atomic E-state index is -4.31. The highest BCUT2D eigenvalue weighted by molar-refractivity contribution is 5.58. The first-order valence-electron chi connectivity index (χ1n) is 6.06. The fourth-order valence-electron chi connectivity index (χ4n) is 2.53. The van der Waals surface area contributed by atoms with E-state index in [9.17, 15) is 13.2 Å². The van der Waals surface area contributed by atoms with Crippen molar-refractivity contribution in [3.63, 3.8) is 0 Å². The van der Waals surface area contributed by atoms with Crippen LogP contribution < -0.4 is 10.6 Å². The second-order valence-electron chi connectivity index (χ2n) is 4.98. The summed E-state index contributed by atoms with van der Waals surface area (Å²) >= 11 is 0. The second kappa shape index (κ2) is 4.46. The lowest BCUT2D eigenvalue weighted by Gasteiger charge is -2.49. The Hall–Kier alpha value is -1.23. The Bertz CT molecular complexity index is 422. The molecule has 0 spiro atoms. The maximum Gasteiger partial charge on any atom is 0.418 e. The van der Waals surface area contributed by atoms with Gasteiger partial charge in [-0.25, -0.2) is 0 Å². The summed E-state index contributed by atoms with van der Waals surface area (Å²) in [5, 5.41) is 0. The van der Waals surface area contributed by atoms with Crippen LogP contribution in [0.5, 0.6) is 0 Å². The van der Waals surface area contributed by atoms with Crippen LogP contribution in [0.1, 0.15) is 25.3 Å². The molecule has 18 heavy (non-hydrogen) atoms. The molecule has 0 saturated carbocycles. The van der Waals surface area contributed by atoms with Crippen molar-refractivity contribution in [3.05, 3.63) is 29.8 Å². The van der Waals surface area contributed by atoms with Gasteiger partial charge in [-0.05, 0) is 18.6 Å². The lowest BCUT2D eigenvalue weighted by atomic mass is 9.85. The third-order valence-corrected chi connectivity index (χ3v) is 3.31. The van der Waals surface area contributed by atoms with Gasteiger partial charge in [-0.1, -0.05) is 25.5 Å². The lowest BCUT2D eigenvalue weighted by Crippen LogP contribution is -2.67. The number of alkyl halides is 3. The molecule has 1 aliphatic rings. The van der Waals surface area contributed by atoms with Crippen LogP contribution in [0.4, 0.5) is 18.9 Å². The van der Waals surface area contributed by atoms with E-state index in [1.807, 2.05) is 6.92 Å². The average molecular weight is 258 g/mol. The van der Waals surface area contributed by atoms with E-state index < -0.39 is 11.7 Å². The van der Waals surface area contributed by atoms with Gasteiger partial charge >= 0.3 is 6.18 Å². The van der Waals surface area contributed by atoms with Crippen LogP contribution in [0.2, 0.25) is 0 Å². The zero-order chi connectivity index (χ0) is 13.4. The molecule has 0 atom stereocenters. The molecule has 1 heterocycles. The van der Waals surface area contributed by atoms with Crippen molar-refractivity contribution in [2.75, 3.05) is 18.0 Å². The molecule has 2 nitrogen and oxygen atoms in total. The summed E-state index contributed by atoms with van der Waals surface area (Å²) in [7, 11) is 0. The van der Waals surface area contributed by atoms with Gasteiger partial charge in [0.25, 0.3) is 0 Å². The topological polar surface area (TPSA) is 29.3 Å². The van der Waals surface area contributed by atoms with Crippen molar-refractivity contribution < 1.29 is 13.2 Å². The maximum absolute atomic E-state index is 12.9. The quantitative estimate of drug-likeness (QED) is 0.903. The van der Waals surface area contributed by atoms with Crippen LogP contribution in [-0.2, 0) is 6.18 Å². The van der Waals surface area contributed by atoms with Crippen LogP contribution in [0.3, 0.4) is 0 Å². The van der Waals surface area contributed by atoms with Gasteiger partial charge in [0.05, 0.1) is 11.1 Å². The number of halogens is 3. The van der Waals surface area contributed by atoms with E-state index in [-0.39, 0.29) is 11.2 Å². The van der Waals surface area contributed by atoms with E-state index in [0.717, 1.165) is 18.9 Å². The van der Waals surface area contributed by atoms with E-state index in [1.165, 1.54) is 12.1 Å². The first kappa shape index (κ1) is 13.2. The van der Waals surface area contributed by atoms with E-state index in [4.69, 9.17) is 5.73 Å². The molecular formula is C13H17F3N2. The van der Waals surface area contributed by atoms with Crippen LogP contribution in [0.25, 0.3) is 0 Å². The van der Waals surface area contributed by atoms with E-state index in [1.54, 1.807) is 11.0 Å². The molecule has 1 aromatic rings. The number of anilines is 1. The Labute approximate surface area is 105 Å². The molecule has 0 radical (unpaired) electrons. The molecule has 0 amide bonds. The fourth-order valence-corrected chi connectivity index (χ4v) is 2.53. The average Bonchev–Trinajstić information content (AvgIpc) is 2.25. The zero-order valence-corrected chi connectivity index (χ0v) is 10.3. The third-order valence-electron chi connectivity index (χ3n) is 3.31. The second-order valence-corrected chi connectivity index (χ2v) is 4.98. The fraction of sp³-hybridized carbons (Fsp3) is 0.538. The van der Waals surface area contributed by atoms with Crippen LogP contribution in [-0.4, -0.2) is 18.6 Å². The summed E-state index contributed by atoms with van der Waals surface area (Å²) in [6.07, 6.45) is -2.52. The van der Waals surface area contributed by atoms with Gasteiger partial charge in [0.15, 0.2) is 0 Å². The van der Waals surface area contributed by atoms with Crippen molar-refractivity contribution in [3.8, 4) is 0 Å². The van der Waals surface area contributed by atoms with Crippen LogP contribution >= 0.6 is 0 Å². The SMILES string of the molecule is CCCC1(N)CN(c2ccccc2C(F)(F)F)C1. The third kappa shape index (κ3) is 2.46. The first-order chi connectivity index (χ1) is 8.36. The molecule has 0 aliphatic carbocycles. The van der Waals surface area contributed by atoms with E-state index in [2.05, 4.69) is 0 Å². The van der Waals surface area contributed by atoms with Gasteiger partial charge in [0, 0.05) is 18.8 Å². The highest BCUT2D eigenvalue weighted by Gasteiger charge is 2.42. The number of benzene rings is 1. The Morgan fingerprint density at radius 3 is 2.44 bits per heavy atom. The van der Waals surface area contributed by atoms with Crippen LogP contribution in [0.15, 0.2) is 24.3 Å². The molecule has 0 unspecified atom stereocenters. The molecule has 1 fully saturated rings. The molecule has 2 rings (SSSR count). The monoisotopic (exact) mass is 258 g/mol. The summed E-state index contributed by atoms with van der Waals surface area (Å²) in [5.41, 5.74) is 5.41. The standard InChI is InChI=1S/C13H17F3N2/c1-2-7-12(17)8-18(9-12)11-6-4-3-5-10(11)13(14,15)16/h3-6H,2,7-9,17H2,1H3. The number of nitrogens with two attached hydrogens (primary N) is 1. The minimum absolute atomic E-state index is 0.238. The predicted molar refractivity (Wildman–Crippen MR) is 65.5 cm³/mol. The largest absolute Gasteiger partial charge is 0.418 e. The van der Waals surface area contributed by atoms with Crippen LogP contribution in [0, 0.1) is 0 Å². The highest BCUT2D eigenvalue weighted by Crippen LogP contribution is 2.39. The first-order valence-corrected chi connectivity index (χ1v) is 6.06. The number of rotatable bonds is 3. The van der Waals surface area contributed by atoms with Crippen molar-refractivity contribution in [1.82, 2.24) is 0 Å². The number of hydrogen-bond donors (Lipinski definition) is 1. The highest BCUT2D eigenvalue weighted by atomic mass is 19.4. The van der Waals surface area contributed by atoms with Crippen molar-refractivity contribution in [2.45, 2.75) is 31.5 Å². The van der Waals surface area contributed by atoms with Gasteiger partial charge in [-0.3, -0.25) is 0 Å². The molecule has 2 N–H and O–H groups in total. The Kier molecular flexibility index (Phi) is 3.27. The number of nitrogens with zero attached hydrogens (tertiary/aromatic N) is 1. The summed E-state index contributed by atoms with van der Waals surface area (Å²) in [6.45, 7) is 3.02. The minimum Gasteiger partial charge on any atom is -0.367 e. The summed E-state index contributed by atoms with van der Waals surface area (Å²) < 4.78 is 38.6. The Balaban J connectivity index is 2.17. The van der Waals surface area contributed by atoms with E-state index >= 15 is 0 Å². The molecule has 0 bridgehead atoms. The summed E-state index contributed by atoms with van der Waals surface area (Å²) in [5.74, 6) is 0.